The summed E-state index contributed by atoms with van der Waals surface area (Å²) in [4.78, 5) is 13.3. The Labute approximate surface area is 276 Å². The van der Waals surface area contributed by atoms with Crippen LogP contribution >= 0.6 is 11.3 Å². The minimum Gasteiger partial charge on any atom is -0.299 e. The first-order chi connectivity index (χ1) is 23.1. The van der Waals surface area contributed by atoms with Crippen molar-refractivity contribution in [3.05, 3.63) is 145 Å². The highest BCUT2D eigenvalue weighted by molar-refractivity contribution is 7.26. The van der Waals surface area contributed by atoms with Crippen LogP contribution in [0.1, 0.15) is 19.4 Å². The summed E-state index contributed by atoms with van der Waals surface area (Å²) in [5, 5.41) is 8.64. The maximum Gasteiger partial charge on any atom is 0.231 e. The van der Waals surface area contributed by atoms with Gasteiger partial charge in [-0.3, -0.25) is 4.90 Å². The van der Waals surface area contributed by atoms with E-state index in [9.17, 15) is 0 Å². The monoisotopic (exact) mass is 619 g/mol. The van der Waals surface area contributed by atoms with Crippen molar-refractivity contribution in [2.45, 2.75) is 19.4 Å². The molecule has 0 spiro atoms. The SMILES string of the molecule is CC1(C)c2ccc3ccccc3c2-c2c(c3c4ccccc4sc3c3ccccc23)N1c1nc(-c2ccccc2)c2ccccc2n1. The molecule has 222 valence electrons. The summed E-state index contributed by atoms with van der Waals surface area (Å²) in [5.74, 6) is 0.708. The largest absolute Gasteiger partial charge is 0.299 e. The average Bonchev–Trinajstić information content (AvgIpc) is 3.51. The van der Waals surface area contributed by atoms with Crippen molar-refractivity contribution in [1.29, 1.82) is 0 Å². The second-order valence-electron chi connectivity index (χ2n) is 12.9. The van der Waals surface area contributed by atoms with Crippen LogP contribution in [-0.4, -0.2) is 9.97 Å². The Morgan fingerprint density at radius 3 is 2.04 bits per heavy atom. The molecule has 7 aromatic carbocycles. The van der Waals surface area contributed by atoms with Crippen LogP contribution in [0.15, 0.2) is 140 Å². The van der Waals surface area contributed by atoms with Gasteiger partial charge in [0.05, 0.1) is 22.4 Å². The molecule has 0 saturated carbocycles. The van der Waals surface area contributed by atoms with Gasteiger partial charge in [-0.15, -0.1) is 11.3 Å². The number of aromatic nitrogens is 2. The van der Waals surface area contributed by atoms with E-state index in [4.69, 9.17) is 9.97 Å². The van der Waals surface area contributed by atoms with Crippen LogP contribution in [0.2, 0.25) is 0 Å². The second kappa shape index (κ2) is 9.71. The molecule has 2 aromatic heterocycles. The molecule has 9 aromatic rings. The first-order valence-corrected chi connectivity index (χ1v) is 16.9. The summed E-state index contributed by atoms with van der Waals surface area (Å²) in [5.41, 5.74) is 7.48. The minimum absolute atomic E-state index is 0.485. The van der Waals surface area contributed by atoms with Crippen molar-refractivity contribution in [3.63, 3.8) is 0 Å². The van der Waals surface area contributed by atoms with Crippen molar-refractivity contribution >= 4 is 75.6 Å². The van der Waals surface area contributed by atoms with Gasteiger partial charge in [0.1, 0.15) is 0 Å². The summed E-state index contributed by atoms with van der Waals surface area (Å²) in [6.45, 7) is 4.67. The molecule has 0 amide bonds. The predicted molar refractivity (Wildman–Crippen MR) is 200 cm³/mol. The maximum atomic E-state index is 5.49. The third kappa shape index (κ3) is 3.67. The number of fused-ring (bicyclic) bond motifs is 13. The van der Waals surface area contributed by atoms with E-state index in [0.717, 1.165) is 22.2 Å². The first-order valence-electron chi connectivity index (χ1n) is 16.1. The molecule has 4 heteroatoms. The summed E-state index contributed by atoms with van der Waals surface area (Å²) in [6, 6.07) is 50.1. The zero-order valence-electron chi connectivity index (χ0n) is 26.0. The van der Waals surface area contributed by atoms with Gasteiger partial charge in [-0.25, -0.2) is 9.97 Å². The van der Waals surface area contributed by atoms with E-state index in [0.29, 0.717) is 5.95 Å². The van der Waals surface area contributed by atoms with E-state index in [1.165, 1.54) is 64.1 Å². The van der Waals surface area contributed by atoms with Gasteiger partial charge in [-0.1, -0.05) is 127 Å². The molecule has 0 saturated heterocycles. The van der Waals surface area contributed by atoms with Crippen LogP contribution in [0.4, 0.5) is 11.6 Å². The molecule has 0 fully saturated rings. The highest BCUT2D eigenvalue weighted by Crippen LogP contribution is 2.59. The highest BCUT2D eigenvalue weighted by Gasteiger charge is 2.43. The van der Waals surface area contributed by atoms with Gasteiger partial charge in [-0.2, -0.15) is 0 Å². The van der Waals surface area contributed by atoms with Gasteiger partial charge in [0.2, 0.25) is 5.95 Å². The summed E-state index contributed by atoms with van der Waals surface area (Å²) < 4.78 is 2.58. The molecule has 0 atom stereocenters. The lowest BCUT2D eigenvalue weighted by Gasteiger charge is -2.46. The maximum absolute atomic E-state index is 5.49. The van der Waals surface area contributed by atoms with Crippen molar-refractivity contribution in [2.24, 2.45) is 0 Å². The fourth-order valence-corrected chi connectivity index (χ4v) is 9.12. The quantitative estimate of drug-likeness (QED) is 0.193. The number of anilines is 2. The summed E-state index contributed by atoms with van der Waals surface area (Å²) >= 11 is 1.88. The van der Waals surface area contributed by atoms with Crippen LogP contribution in [0.5, 0.6) is 0 Å². The Balaban J connectivity index is 1.44. The molecule has 0 N–H and O–H groups in total. The standard InChI is InChI=1S/C43H29N3S/c1-43(2)33-25-24-26-14-6-7-17-28(26)36(33)37-29-18-8-9-19-30(29)41-38(32-21-11-13-23-35(32)47-41)40(37)46(43)42-44-34-22-12-10-20-31(34)39(45-42)27-15-4-3-5-16-27/h3-25H,1-2H3. The number of rotatable bonds is 2. The third-order valence-corrected chi connectivity index (χ3v) is 11.2. The van der Waals surface area contributed by atoms with Gasteiger partial charge in [0, 0.05) is 42.1 Å². The molecule has 10 rings (SSSR count). The molecule has 47 heavy (non-hydrogen) atoms. The van der Waals surface area contributed by atoms with E-state index in [2.05, 4.69) is 158 Å². The van der Waals surface area contributed by atoms with E-state index < -0.39 is 5.54 Å². The molecular weight excluding hydrogens is 591 g/mol. The van der Waals surface area contributed by atoms with Crippen LogP contribution < -0.4 is 4.90 Å². The number of para-hydroxylation sites is 1. The van der Waals surface area contributed by atoms with Crippen molar-refractivity contribution in [1.82, 2.24) is 9.97 Å². The summed E-state index contributed by atoms with van der Waals surface area (Å²) in [6.07, 6.45) is 0. The Morgan fingerprint density at radius 2 is 1.21 bits per heavy atom. The van der Waals surface area contributed by atoms with Crippen molar-refractivity contribution < 1.29 is 0 Å². The molecular formula is C43H29N3S. The fraction of sp³-hybridized carbons (Fsp3) is 0.0698. The van der Waals surface area contributed by atoms with Crippen LogP contribution in [0.3, 0.4) is 0 Å². The molecule has 0 radical (unpaired) electrons. The molecule has 3 heterocycles. The third-order valence-electron chi connectivity index (χ3n) is 9.97. The molecule has 1 aliphatic heterocycles. The first kappa shape index (κ1) is 26.6. The lowest BCUT2D eigenvalue weighted by molar-refractivity contribution is 0.525. The lowest BCUT2D eigenvalue weighted by atomic mass is 9.76. The van der Waals surface area contributed by atoms with Gasteiger partial charge in [0.15, 0.2) is 0 Å². The fourth-order valence-electron chi connectivity index (χ4n) is 7.88. The van der Waals surface area contributed by atoms with Crippen molar-refractivity contribution in [2.75, 3.05) is 4.90 Å². The normalized spacial score (nSPS) is 13.9. The van der Waals surface area contributed by atoms with Gasteiger partial charge in [-0.05, 0) is 53.3 Å². The van der Waals surface area contributed by atoms with Crippen LogP contribution in [0, 0.1) is 0 Å². The van der Waals surface area contributed by atoms with E-state index >= 15 is 0 Å². The lowest BCUT2D eigenvalue weighted by Crippen LogP contribution is -2.42. The Morgan fingerprint density at radius 1 is 0.553 bits per heavy atom. The van der Waals surface area contributed by atoms with Crippen LogP contribution in [-0.2, 0) is 5.54 Å². The molecule has 3 nitrogen and oxygen atoms in total. The number of thiophene rings is 1. The Kier molecular flexibility index (Phi) is 5.50. The van der Waals surface area contributed by atoms with Gasteiger partial charge < -0.3 is 0 Å². The van der Waals surface area contributed by atoms with Gasteiger partial charge >= 0.3 is 0 Å². The van der Waals surface area contributed by atoms with Crippen molar-refractivity contribution in [3.8, 4) is 22.4 Å². The van der Waals surface area contributed by atoms with E-state index in [1.807, 2.05) is 11.3 Å². The average molecular weight is 620 g/mol. The number of hydrogen-bond acceptors (Lipinski definition) is 4. The summed E-state index contributed by atoms with van der Waals surface area (Å²) in [7, 11) is 0. The number of benzene rings is 7. The second-order valence-corrected chi connectivity index (χ2v) is 14.0. The zero-order valence-corrected chi connectivity index (χ0v) is 26.8. The Bertz CT molecular complexity index is 2720. The Hall–Kier alpha value is -5.58. The molecule has 0 bridgehead atoms. The molecule has 1 aliphatic rings. The molecule has 0 unspecified atom stereocenters. The number of hydrogen-bond donors (Lipinski definition) is 0. The topological polar surface area (TPSA) is 29.0 Å². The zero-order chi connectivity index (χ0) is 31.3. The van der Waals surface area contributed by atoms with E-state index in [1.54, 1.807) is 0 Å². The van der Waals surface area contributed by atoms with Gasteiger partial charge in [0.25, 0.3) is 0 Å². The van der Waals surface area contributed by atoms with E-state index in [-0.39, 0.29) is 0 Å². The highest BCUT2D eigenvalue weighted by atomic mass is 32.1. The molecule has 0 aliphatic carbocycles. The smallest absolute Gasteiger partial charge is 0.231 e. The number of nitrogens with zero attached hydrogens (tertiary/aromatic N) is 3. The predicted octanol–water partition coefficient (Wildman–Crippen LogP) is 12.0. The van der Waals surface area contributed by atoms with Crippen LogP contribution in [0.25, 0.3) is 75.0 Å². The minimum atomic E-state index is -0.485.